The fraction of sp³-hybridized carbons (Fsp3) is 0.833. The Balaban J connectivity index is 4.48. The van der Waals surface area contributed by atoms with Crippen LogP contribution in [0.25, 0.3) is 0 Å². The van der Waals surface area contributed by atoms with Crippen LogP contribution in [-0.2, 0) is 0 Å². The molecule has 0 saturated carbocycles. The predicted octanol–water partition coefficient (Wildman–Crippen LogP) is 3.98. The lowest BCUT2D eigenvalue weighted by Crippen LogP contribution is -2.10. The summed E-state index contributed by atoms with van der Waals surface area (Å²) in [6, 6.07) is 0. The van der Waals surface area contributed by atoms with Gasteiger partial charge in [0.25, 0.3) is 0 Å². The van der Waals surface area contributed by atoms with E-state index in [1.54, 1.807) is 0 Å². The van der Waals surface area contributed by atoms with Gasteiger partial charge in [-0.05, 0) is 24.7 Å². The zero-order valence-corrected chi connectivity index (χ0v) is 10.0. The van der Waals surface area contributed by atoms with E-state index >= 15 is 0 Å². The molecule has 0 aromatic rings. The number of hydrogen-bond acceptors (Lipinski definition) is 0. The Bertz CT molecular complexity index is 178. The minimum atomic E-state index is 0.214. The lowest BCUT2D eigenvalue weighted by molar-refractivity contribution is 0.455. The van der Waals surface area contributed by atoms with E-state index in [0.717, 1.165) is 6.42 Å². The van der Waals surface area contributed by atoms with Crippen molar-refractivity contribution in [3.05, 3.63) is 11.6 Å². The van der Waals surface area contributed by atoms with Gasteiger partial charge in [0.15, 0.2) is 0 Å². The molecule has 0 aromatic carbocycles. The monoisotopic (exact) mass is 178 g/mol. The van der Waals surface area contributed by atoms with Crippen LogP contribution in [0.4, 0.5) is 0 Å². The molecule has 74 valence electrons. The first-order valence-corrected chi connectivity index (χ1v) is 5.25. The van der Waals surface area contributed by atoms with Gasteiger partial charge < -0.3 is 0 Å². The highest BCUT2D eigenvalue weighted by Crippen LogP contribution is 2.29. The van der Waals surface area contributed by atoms with E-state index in [-0.39, 0.29) is 11.2 Å². The highest BCUT2D eigenvalue weighted by atomic mass is 14.2. The summed E-state index contributed by atoms with van der Waals surface area (Å²) in [5.41, 5.74) is 1.61. The predicted molar refractivity (Wildman–Crippen MR) is 62.2 cm³/mol. The Hall–Kier alpha value is -0.195. The van der Waals surface area contributed by atoms with Crippen LogP contribution in [0, 0.1) is 11.3 Å². The molecule has 0 N–H and O–H groups in total. The molecule has 0 amide bonds. The Morgan fingerprint density at radius 2 is 1.85 bits per heavy atom. The van der Waals surface area contributed by atoms with Crippen molar-refractivity contribution in [2.24, 2.45) is 11.3 Å². The van der Waals surface area contributed by atoms with E-state index in [2.05, 4.69) is 47.6 Å². The summed E-state index contributed by atoms with van der Waals surface area (Å²) in [6.45, 7) is 13.2. The molecule has 0 aromatic heterocycles. The smallest absolute Gasteiger partial charge is 0.0762 e. The van der Waals surface area contributed by atoms with Crippen LogP contribution in [0.5, 0.6) is 0 Å². The summed E-state index contributed by atoms with van der Waals surface area (Å²) in [5, 5.41) is 0. The topological polar surface area (TPSA) is 0 Å². The highest BCUT2D eigenvalue weighted by molar-refractivity contribution is 6.13. The van der Waals surface area contributed by atoms with E-state index in [0.29, 0.717) is 5.92 Å². The van der Waals surface area contributed by atoms with Crippen LogP contribution in [0.15, 0.2) is 11.6 Å². The van der Waals surface area contributed by atoms with Gasteiger partial charge in [0.05, 0.1) is 7.85 Å². The first kappa shape index (κ1) is 12.8. The van der Waals surface area contributed by atoms with Gasteiger partial charge in [0.1, 0.15) is 0 Å². The van der Waals surface area contributed by atoms with Crippen molar-refractivity contribution >= 4 is 7.85 Å². The minimum absolute atomic E-state index is 0.214. The molecule has 0 saturated heterocycles. The number of hydrogen-bond donors (Lipinski definition) is 0. The van der Waals surface area contributed by atoms with Gasteiger partial charge in [0.2, 0.25) is 0 Å². The van der Waals surface area contributed by atoms with Crippen molar-refractivity contribution in [1.29, 1.82) is 0 Å². The van der Waals surface area contributed by atoms with Crippen LogP contribution < -0.4 is 0 Å². The average molecular weight is 178 g/mol. The zero-order chi connectivity index (χ0) is 10.6. The second-order valence-electron chi connectivity index (χ2n) is 5.00. The molecule has 0 bridgehead atoms. The maximum Gasteiger partial charge on any atom is 0.0762 e. The second kappa shape index (κ2) is 4.88. The van der Waals surface area contributed by atoms with Gasteiger partial charge in [-0.3, -0.25) is 0 Å². The second-order valence-corrected chi connectivity index (χ2v) is 5.00. The molecule has 0 aliphatic carbocycles. The van der Waals surface area contributed by atoms with E-state index in [1.165, 1.54) is 5.57 Å². The fourth-order valence-corrected chi connectivity index (χ4v) is 1.34. The molecule has 0 spiro atoms. The molecular formula is C12H23B. The van der Waals surface area contributed by atoms with Crippen molar-refractivity contribution in [2.45, 2.75) is 53.8 Å². The van der Waals surface area contributed by atoms with Gasteiger partial charge in [0, 0.05) is 0 Å². The minimum Gasteiger partial charge on any atom is -0.0821 e. The molecule has 0 nitrogen and oxygen atoms in total. The van der Waals surface area contributed by atoms with Gasteiger partial charge in [-0.25, -0.2) is 0 Å². The summed E-state index contributed by atoms with van der Waals surface area (Å²) < 4.78 is 0. The Morgan fingerprint density at radius 1 is 1.38 bits per heavy atom. The molecule has 0 fully saturated rings. The number of rotatable bonds is 4. The Labute approximate surface area is 85.2 Å². The van der Waals surface area contributed by atoms with E-state index in [4.69, 9.17) is 7.85 Å². The summed E-state index contributed by atoms with van der Waals surface area (Å²) in [7, 11) is 6.05. The maximum absolute atomic E-state index is 6.05. The molecule has 0 aliphatic rings. The molecule has 1 heteroatoms. The molecule has 1 unspecified atom stereocenters. The van der Waals surface area contributed by atoms with Crippen LogP contribution in [-0.4, -0.2) is 7.85 Å². The molecule has 2 radical (unpaired) electrons. The molecule has 0 heterocycles. The van der Waals surface area contributed by atoms with Crippen molar-refractivity contribution in [2.75, 3.05) is 0 Å². The van der Waals surface area contributed by atoms with Crippen LogP contribution >= 0.6 is 0 Å². The standard InChI is InChI=1S/C12H23B/c1-7-12(5,6)8-10(4)11(13)9(2)3/h8-9,11H,7H2,1-6H3/b10-8+. The zero-order valence-electron chi connectivity index (χ0n) is 10.0. The summed E-state index contributed by atoms with van der Waals surface area (Å²) in [5.74, 6) is 0.745. The average Bonchev–Trinajstić information content (AvgIpc) is 2.02. The van der Waals surface area contributed by atoms with E-state index < -0.39 is 0 Å². The van der Waals surface area contributed by atoms with Gasteiger partial charge >= 0.3 is 0 Å². The molecule has 13 heavy (non-hydrogen) atoms. The molecule has 1 atom stereocenters. The quantitative estimate of drug-likeness (QED) is 0.451. The number of allylic oxidation sites excluding steroid dienone is 2. The van der Waals surface area contributed by atoms with Crippen molar-refractivity contribution in [1.82, 2.24) is 0 Å². The SMILES string of the molecule is [B]C(/C(C)=C/C(C)(C)CC)C(C)C. The highest BCUT2D eigenvalue weighted by Gasteiger charge is 2.15. The molecular weight excluding hydrogens is 155 g/mol. The third-order valence-electron chi connectivity index (χ3n) is 2.77. The third kappa shape index (κ3) is 4.54. The fourth-order valence-electron chi connectivity index (χ4n) is 1.34. The maximum atomic E-state index is 6.05. The first-order chi connectivity index (χ1) is 5.80. The lowest BCUT2D eigenvalue weighted by atomic mass is 9.71. The summed E-state index contributed by atoms with van der Waals surface area (Å²) in [4.78, 5) is 0. The van der Waals surface area contributed by atoms with Crippen LogP contribution in [0.2, 0.25) is 5.82 Å². The molecule has 0 aliphatic heterocycles. The van der Waals surface area contributed by atoms with Gasteiger partial charge in [-0.1, -0.05) is 52.1 Å². The van der Waals surface area contributed by atoms with Gasteiger partial charge in [-0.2, -0.15) is 0 Å². The van der Waals surface area contributed by atoms with Crippen molar-refractivity contribution < 1.29 is 0 Å². The van der Waals surface area contributed by atoms with E-state index in [1.807, 2.05) is 0 Å². The largest absolute Gasteiger partial charge is 0.0821 e. The molecule has 0 rings (SSSR count). The van der Waals surface area contributed by atoms with E-state index in [9.17, 15) is 0 Å². The Kier molecular flexibility index (Phi) is 4.81. The normalized spacial score (nSPS) is 16.4. The third-order valence-corrected chi connectivity index (χ3v) is 2.77. The Morgan fingerprint density at radius 3 is 2.15 bits per heavy atom. The van der Waals surface area contributed by atoms with Crippen molar-refractivity contribution in [3.63, 3.8) is 0 Å². The summed E-state index contributed by atoms with van der Waals surface area (Å²) in [6.07, 6.45) is 3.48. The summed E-state index contributed by atoms with van der Waals surface area (Å²) >= 11 is 0. The van der Waals surface area contributed by atoms with Gasteiger partial charge in [-0.15, -0.1) is 0 Å². The van der Waals surface area contributed by atoms with Crippen LogP contribution in [0.3, 0.4) is 0 Å². The van der Waals surface area contributed by atoms with Crippen molar-refractivity contribution in [3.8, 4) is 0 Å². The first-order valence-electron chi connectivity index (χ1n) is 5.25. The lowest BCUT2D eigenvalue weighted by Gasteiger charge is -2.23. The van der Waals surface area contributed by atoms with Crippen LogP contribution in [0.1, 0.15) is 48.0 Å².